The highest BCUT2D eigenvalue weighted by molar-refractivity contribution is 7.96. The second-order valence-corrected chi connectivity index (χ2v) is 11.8. The molecule has 0 spiro atoms. The zero-order valence-electron chi connectivity index (χ0n) is 14.0. The van der Waals surface area contributed by atoms with Gasteiger partial charge in [0, 0.05) is 17.1 Å². The molecule has 5 nitrogen and oxygen atoms in total. The summed E-state index contributed by atoms with van der Waals surface area (Å²) < 4.78 is 50.3. The third kappa shape index (κ3) is 4.56. The summed E-state index contributed by atoms with van der Waals surface area (Å²) in [7, 11) is -7.11. The molecule has 2 aliphatic rings. The van der Waals surface area contributed by atoms with E-state index in [1.165, 1.54) is 37.1 Å². The molecule has 1 saturated heterocycles. The summed E-state index contributed by atoms with van der Waals surface area (Å²) in [5.41, 5.74) is 0. The average Bonchev–Trinajstić information content (AvgIpc) is 2.72. The molecule has 1 aliphatic carbocycles. The standard InChI is InChI=1S/C17H24ClNO4S2/c18-13-7-9-15(10-8-13)25(22,23)17-12-24(20,21)11-16(17)19-14-5-3-1-2-4-6-14/h7-10,14,16-17,19H,1-6,11-12H2/t16-,17-/m0/s1. The van der Waals surface area contributed by atoms with Crippen LogP contribution in [-0.4, -0.2) is 45.7 Å². The Bertz CT molecular complexity index is 798. The molecule has 2 fully saturated rings. The van der Waals surface area contributed by atoms with Crippen LogP contribution in [0.15, 0.2) is 29.2 Å². The molecule has 8 heteroatoms. The van der Waals surface area contributed by atoms with Crippen molar-refractivity contribution >= 4 is 31.3 Å². The van der Waals surface area contributed by atoms with Gasteiger partial charge in [-0.3, -0.25) is 0 Å². The summed E-state index contributed by atoms with van der Waals surface area (Å²) in [6.07, 6.45) is 6.54. The zero-order valence-corrected chi connectivity index (χ0v) is 16.4. The predicted molar refractivity (Wildman–Crippen MR) is 99.5 cm³/mol. The third-order valence-corrected chi connectivity index (χ3v) is 9.56. The number of benzene rings is 1. The Hall–Kier alpha value is -0.630. The van der Waals surface area contributed by atoms with Gasteiger partial charge < -0.3 is 5.32 Å². The van der Waals surface area contributed by atoms with Gasteiger partial charge in [-0.1, -0.05) is 37.3 Å². The first-order valence-corrected chi connectivity index (χ1v) is 12.5. The summed E-state index contributed by atoms with van der Waals surface area (Å²) in [6, 6.07) is 5.59. The molecule has 0 unspecified atom stereocenters. The van der Waals surface area contributed by atoms with Crippen LogP contribution >= 0.6 is 11.6 Å². The molecule has 2 atom stereocenters. The van der Waals surface area contributed by atoms with E-state index in [2.05, 4.69) is 5.32 Å². The summed E-state index contributed by atoms with van der Waals surface area (Å²) in [5, 5.41) is 2.87. The van der Waals surface area contributed by atoms with E-state index in [-0.39, 0.29) is 22.4 Å². The van der Waals surface area contributed by atoms with E-state index in [1.54, 1.807) is 0 Å². The van der Waals surface area contributed by atoms with Gasteiger partial charge in [0.25, 0.3) is 0 Å². The number of nitrogens with one attached hydrogen (secondary N) is 1. The van der Waals surface area contributed by atoms with Gasteiger partial charge in [-0.15, -0.1) is 0 Å². The van der Waals surface area contributed by atoms with E-state index in [0.717, 1.165) is 25.7 Å². The molecule has 1 aromatic carbocycles. The maximum Gasteiger partial charge on any atom is 0.183 e. The minimum atomic E-state index is -3.74. The molecule has 1 N–H and O–H groups in total. The monoisotopic (exact) mass is 405 g/mol. The van der Waals surface area contributed by atoms with Gasteiger partial charge in [-0.2, -0.15) is 0 Å². The van der Waals surface area contributed by atoms with Crippen molar-refractivity contribution in [3.05, 3.63) is 29.3 Å². The molecule has 1 heterocycles. The van der Waals surface area contributed by atoms with Crippen LogP contribution in [-0.2, 0) is 19.7 Å². The highest BCUT2D eigenvalue weighted by Crippen LogP contribution is 2.28. The zero-order chi connectivity index (χ0) is 18.1. The minimum Gasteiger partial charge on any atom is -0.309 e. The molecule has 0 amide bonds. The van der Waals surface area contributed by atoms with Crippen LogP contribution in [0.25, 0.3) is 0 Å². The van der Waals surface area contributed by atoms with E-state index >= 15 is 0 Å². The molecule has 0 bridgehead atoms. The van der Waals surface area contributed by atoms with Crippen LogP contribution < -0.4 is 5.32 Å². The van der Waals surface area contributed by atoms with Crippen molar-refractivity contribution in [1.82, 2.24) is 5.32 Å². The van der Waals surface area contributed by atoms with Crippen LogP contribution in [0.5, 0.6) is 0 Å². The Morgan fingerprint density at radius 1 is 0.960 bits per heavy atom. The first kappa shape index (κ1) is 19.1. The number of hydrogen-bond acceptors (Lipinski definition) is 5. The minimum absolute atomic E-state index is 0.110. The molecule has 0 aromatic heterocycles. The fourth-order valence-corrected chi connectivity index (χ4v) is 8.63. The molecule has 0 radical (unpaired) electrons. The fraction of sp³-hybridized carbons (Fsp3) is 0.647. The highest BCUT2D eigenvalue weighted by atomic mass is 35.5. The molecule has 1 aromatic rings. The molecule has 3 rings (SSSR count). The molecule has 25 heavy (non-hydrogen) atoms. The summed E-state index contributed by atoms with van der Waals surface area (Å²) >= 11 is 5.84. The van der Waals surface area contributed by atoms with E-state index < -0.39 is 31.0 Å². The van der Waals surface area contributed by atoms with Gasteiger partial charge in [0.15, 0.2) is 19.7 Å². The second kappa shape index (κ2) is 7.55. The molecule has 1 saturated carbocycles. The summed E-state index contributed by atoms with van der Waals surface area (Å²) in [4.78, 5) is 0.131. The maximum absolute atomic E-state index is 13.0. The Morgan fingerprint density at radius 3 is 2.16 bits per heavy atom. The van der Waals surface area contributed by atoms with Crippen molar-refractivity contribution in [1.29, 1.82) is 0 Å². The molecular weight excluding hydrogens is 382 g/mol. The van der Waals surface area contributed by atoms with Crippen molar-refractivity contribution in [2.24, 2.45) is 0 Å². The van der Waals surface area contributed by atoms with E-state index in [9.17, 15) is 16.8 Å². The van der Waals surface area contributed by atoms with Crippen molar-refractivity contribution in [3.8, 4) is 0 Å². The van der Waals surface area contributed by atoms with Gasteiger partial charge in [0.2, 0.25) is 0 Å². The smallest absolute Gasteiger partial charge is 0.183 e. The van der Waals surface area contributed by atoms with Crippen molar-refractivity contribution in [3.63, 3.8) is 0 Å². The van der Waals surface area contributed by atoms with Crippen LogP contribution in [0.2, 0.25) is 5.02 Å². The molecule has 140 valence electrons. The van der Waals surface area contributed by atoms with Crippen LogP contribution in [0.4, 0.5) is 0 Å². The van der Waals surface area contributed by atoms with Gasteiger partial charge in [0.1, 0.15) is 0 Å². The number of sulfone groups is 2. The predicted octanol–water partition coefficient (Wildman–Crippen LogP) is 2.59. The SMILES string of the molecule is O=S1(=O)C[C@H](NC2CCCCCC2)[C@@H](S(=O)(=O)c2ccc(Cl)cc2)C1. The Balaban J connectivity index is 1.84. The van der Waals surface area contributed by atoms with Crippen LogP contribution in [0.1, 0.15) is 38.5 Å². The third-order valence-electron chi connectivity index (χ3n) is 5.15. The fourth-order valence-electron chi connectivity index (χ4n) is 3.82. The average molecular weight is 406 g/mol. The quantitative estimate of drug-likeness (QED) is 0.778. The molecule has 1 aliphatic heterocycles. The van der Waals surface area contributed by atoms with Gasteiger partial charge in [-0.05, 0) is 37.1 Å². The topological polar surface area (TPSA) is 80.3 Å². The van der Waals surface area contributed by atoms with Gasteiger partial charge >= 0.3 is 0 Å². The Labute approximate surface area is 155 Å². The summed E-state index contributed by atoms with van der Waals surface area (Å²) in [5.74, 6) is -0.427. The van der Waals surface area contributed by atoms with E-state index in [1.807, 2.05) is 0 Å². The lowest BCUT2D eigenvalue weighted by molar-refractivity contribution is 0.408. The van der Waals surface area contributed by atoms with Gasteiger partial charge in [-0.25, -0.2) is 16.8 Å². The Morgan fingerprint density at radius 2 is 1.56 bits per heavy atom. The second-order valence-electron chi connectivity index (χ2n) is 7.08. The van der Waals surface area contributed by atoms with Crippen molar-refractivity contribution < 1.29 is 16.8 Å². The van der Waals surface area contributed by atoms with Gasteiger partial charge in [0.05, 0.1) is 21.7 Å². The Kier molecular flexibility index (Phi) is 5.78. The highest BCUT2D eigenvalue weighted by Gasteiger charge is 2.46. The number of rotatable bonds is 4. The number of halogens is 1. The van der Waals surface area contributed by atoms with Crippen LogP contribution in [0.3, 0.4) is 0 Å². The maximum atomic E-state index is 13.0. The largest absolute Gasteiger partial charge is 0.309 e. The molecular formula is C17H24ClNO4S2. The van der Waals surface area contributed by atoms with E-state index in [4.69, 9.17) is 11.6 Å². The van der Waals surface area contributed by atoms with Crippen molar-refractivity contribution in [2.75, 3.05) is 11.5 Å². The van der Waals surface area contributed by atoms with Crippen LogP contribution in [0, 0.1) is 0 Å². The lowest BCUT2D eigenvalue weighted by Crippen LogP contribution is -2.47. The first-order chi connectivity index (χ1) is 11.8. The number of hydrogen-bond donors (Lipinski definition) is 1. The van der Waals surface area contributed by atoms with Crippen molar-refractivity contribution in [2.45, 2.75) is 60.8 Å². The normalized spacial score (nSPS) is 27.9. The van der Waals surface area contributed by atoms with E-state index in [0.29, 0.717) is 5.02 Å². The lowest BCUT2D eigenvalue weighted by Gasteiger charge is -2.25. The summed E-state index contributed by atoms with van der Waals surface area (Å²) in [6.45, 7) is 0. The lowest BCUT2D eigenvalue weighted by atomic mass is 10.1. The first-order valence-electron chi connectivity index (χ1n) is 8.74.